The van der Waals surface area contributed by atoms with Crippen molar-refractivity contribution in [2.45, 2.75) is 26.6 Å². The average Bonchev–Trinajstić information content (AvgIpc) is 2.84. The number of benzene rings is 3. The van der Waals surface area contributed by atoms with Crippen LogP contribution < -0.4 is 26.6 Å². The second-order valence-corrected chi connectivity index (χ2v) is 9.12. The Kier molecular flexibility index (Phi) is 5.09. The number of rotatable bonds is 2. The van der Waals surface area contributed by atoms with E-state index < -0.39 is 23.4 Å². The summed E-state index contributed by atoms with van der Waals surface area (Å²) >= 11 is 0. The van der Waals surface area contributed by atoms with Crippen LogP contribution >= 0.6 is 0 Å². The van der Waals surface area contributed by atoms with Crippen LogP contribution in [-0.2, 0) is 6.54 Å². The van der Waals surface area contributed by atoms with Crippen molar-refractivity contribution in [2.75, 3.05) is 6.54 Å². The van der Waals surface area contributed by atoms with E-state index in [1.165, 1.54) is 10.6 Å². The number of halogens is 2. The minimum absolute atomic E-state index is 0.0173. The molecule has 1 aliphatic rings. The molecule has 1 atom stereocenters. The molecule has 2 heterocycles. The van der Waals surface area contributed by atoms with Crippen LogP contribution in [0.4, 0.5) is 8.78 Å². The van der Waals surface area contributed by atoms with Crippen molar-refractivity contribution < 1.29 is 13.9 Å². The molecule has 0 fully saturated rings. The predicted molar refractivity (Wildman–Crippen MR) is 145 cm³/mol. The lowest BCUT2D eigenvalue weighted by atomic mass is 9.84. The molecule has 0 bridgehead atoms. The highest BCUT2D eigenvalue weighted by molar-refractivity contribution is 6.20. The largest absolute Gasteiger partial charge is 0.369 e. The Labute approximate surface area is 206 Å². The number of aliphatic hydroxyl groups is 1. The third kappa shape index (κ3) is 2.73. The molecule has 36 heavy (non-hydrogen) atoms. The zero-order valence-electron chi connectivity index (χ0n) is 20.4. The van der Waals surface area contributed by atoms with Gasteiger partial charge in [-0.05, 0) is 52.8 Å². The summed E-state index contributed by atoms with van der Waals surface area (Å²) in [4.78, 5) is 14.8. The number of aromatic nitrogens is 1. The smallest absolute Gasteiger partial charge is 0.259 e. The van der Waals surface area contributed by atoms with E-state index in [0.29, 0.717) is 67.3 Å². The number of nitrogens with zero attached hydrogens (tertiary/aromatic N) is 2. The van der Waals surface area contributed by atoms with Crippen molar-refractivity contribution in [1.82, 2.24) is 9.47 Å². The van der Waals surface area contributed by atoms with Gasteiger partial charge in [0, 0.05) is 56.6 Å². The summed E-state index contributed by atoms with van der Waals surface area (Å²) in [5, 5.41) is 13.5. The van der Waals surface area contributed by atoms with Gasteiger partial charge in [0.15, 0.2) is 6.23 Å². The van der Waals surface area contributed by atoms with E-state index >= 15 is 8.78 Å². The Morgan fingerprint density at radius 2 is 1.42 bits per heavy atom. The molecule has 182 valence electrons. The van der Waals surface area contributed by atoms with Crippen molar-refractivity contribution in [3.05, 3.63) is 85.1 Å². The number of pyridine rings is 1. The fourth-order valence-electron chi connectivity index (χ4n) is 5.63. The maximum absolute atomic E-state index is 15.9. The zero-order chi connectivity index (χ0) is 26.4. The molecule has 1 N–H and O–H groups in total. The van der Waals surface area contributed by atoms with Gasteiger partial charge in [-0.15, -0.1) is 0 Å². The summed E-state index contributed by atoms with van der Waals surface area (Å²) in [6, 6.07) is 2.34. The lowest BCUT2D eigenvalue weighted by Crippen LogP contribution is -2.42. The van der Waals surface area contributed by atoms with E-state index in [0.717, 1.165) is 6.07 Å². The Balaban J connectivity index is 2.15. The van der Waals surface area contributed by atoms with Gasteiger partial charge in [0.1, 0.15) is 11.6 Å². The topological polar surface area (TPSA) is 45.5 Å². The molecule has 6 heteroatoms. The van der Waals surface area contributed by atoms with Gasteiger partial charge in [0.05, 0.1) is 5.39 Å². The standard InChI is InChI=1S/C30H26F2N2O2/c1-9-33-17(7)15(5)23-19(29(33)35)11-21(31)27-25(23)13(3)14(4)26-24-16(6)18(8)34(10-2)30(36)20(24)12-22(32)28(26)27/h11-12,29,35H,3-10H2,1-2H3. The fourth-order valence-corrected chi connectivity index (χ4v) is 5.63. The summed E-state index contributed by atoms with van der Waals surface area (Å²) in [6.45, 7) is 29.1. The Morgan fingerprint density at radius 1 is 0.833 bits per heavy atom. The molecule has 0 aliphatic carbocycles. The molecular formula is C30H26F2N2O2. The first-order valence-electron chi connectivity index (χ1n) is 11.6. The number of likely N-dealkylation sites (N-methyl/N-ethyl adjacent to an activating group) is 1. The molecule has 0 radical (unpaired) electrons. The molecule has 0 spiro atoms. The second kappa shape index (κ2) is 7.73. The van der Waals surface area contributed by atoms with Gasteiger partial charge in [-0.3, -0.25) is 4.79 Å². The van der Waals surface area contributed by atoms with Crippen molar-refractivity contribution in [1.29, 1.82) is 0 Å². The molecule has 1 aromatic heterocycles. The van der Waals surface area contributed by atoms with Gasteiger partial charge in [-0.1, -0.05) is 39.5 Å². The Morgan fingerprint density at radius 3 is 2.03 bits per heavy atom. The Hall–Kier alpha value is -4.03. The summed E-state index contributed by atoms with van der Waals surface area (Å²) in [7, 11) is 0. The fraction of sp³-hybridized carbons (Fsp3) is 0.167. The van der Waals surface area contributed by atoms with Gasteiger partial charge in [0.25, 0.3) is 5.56 Å². The van der Waals surface area contributed by atoms with Gasteiger partial charge in [-0.25, -0.2) is 8.78 Å². The lowest BCUT2D eigenvalue weighted by molar-refractivity contribution is 0.0309. The molecule has 0 saturated heterocycles. The quantitative estimate of drug-likeness (QED) is 0.445. The minimum atomic E-state index is -1.15. The number of hydrogen-bond acceptors (Lipinski definition) is 3. The third-order valence-corrected chi connectivity index (χ3v) is 7.49. The number of hydrogen-bond donors (Lipinski definition) is 1. The molecule has 5 rings (SSSR count). The van der Waals surface area contributed by atoms with Gasteiger partial charge < -0.3 is 14.6 Å². The van der Waals surface area contributed by atoms with Crippen molar-refractivity contribution in [3.63, 3.8) is 0 Å². The summed E-state index contributed by atoms with van der Waals surface area (Å²) in [5.74, 6) is -1.49. The molecule has 1 unspecified atom stereocenters. The predicted octanol–water partition coefficient (Wildman–Crippen LogP) is 3.10. The van der Waals surface area contributed by atoms with E-state index in [4.69, 9.17) is 0 Å². The van der Waals surface area contributed by atoms with Crippen LogP contribution in [0.15, 0.2) is 35.8 Å². The van der Waals surface area contributed by atoms with E-state index in [2.05, 4.69) is 39.5 Å². The summed E-state index contributed by atoms with van der Waals surface area (Å²) < 4.78 is 33.2. The minimum Gasteiger partial charge on any atom is -0.369 e. The van der Waals surface area contributed by atoms with Crippen LogP contribution in [-0.4, -0.2) is 21.1 Å². The zero-order valence-corrected chi connectivity index (χ0v) is 20.4. The monoisotopic (exact) mass is 484 g/mol. The van der Waals surface area contributed by atoms with E-state index in [-0.39, 0.29) is 21.5 Å². The highest BCUT2D eigenvalue weighted by atomic mass is 19.1. The van der Waals surface area contributed by atoms with E-state index in [1.54, 1.807) is 11.8 Å². The first-order valence-corrected chi connectivity index (χ1v) is 11.6. The van der Waals surface area contributed by atoms with Crippen LogP contribution in [0.5, 0.6) is 0 Å². The maximum atomic E-state index is 15.9. The van der Waals surface area contributed by atoms with Crippen LogP contribution in [0.3, 0.4) is 0 Å². The van der Waals surface area contributed by atoms with Gasteiger partial charge in [0.2, 0.25) is 0 Å². The first kappa shape index (κ1) is 23.7. The summed E-state index contributed by atoms with van der Waals surface area (Å²) in [5.41, 5.74) is 1.31. The van der Waals surface area contributed by atoms with E-state index in [1.807, 2.05) is 6.92 Å². The van der Waals surface area contributed by atoms with Gasteiger partial charge >= 0.3 is 0 Å². The first-order chi connectivity index (χ1) is 17.0. The lowest BCUT2D eigenvalue weighted by Gasteiger charge is -2.38. The molecule has 4 aromatic rings. The Bertz CT molecular complexity index is 1990. The molecule has 0 saturated carbocycles. The van der Waals surface area contributed by atoms with Crippen LogP contribution in [0.25, 0.3) is 64.2 Å². The van der Waals surface area contributed by atoms with Crippen LogP contribution in [0.1, 0.15) is 31.2 Å². The molecule has 1 aliphatic heterocycles. The van der Waals surface area contributed by atoms with Gasteiger partial charge in [-0.2, -0.15) is 0 Å². The van der Waals surface area contributed by atoms with Crippen LogP contribution in [0, 0.1) is 11.6 Å². The van der Waals surface area contributed by atoms with Crippen molar-refractivity contribution >= 4 is 64.2 Å². The van der Waals surface area contributed by atoms with Crippen molar-refractivity contribution in [2.24, 2.45) is 0 Å². The number of fused-ring (bicyclic) bond motifs is 7. The normalized spacial score (nSPS) is 15.9. The molecular weight excluding hydrogens is 458 g/mol. The highest BCUT2D eigenvalue weighted by Gasteiger charge is 2.33. The number of allylic oxidation sites excluding steroid dienone is 1. The third-order valence-electron chi connectivity index (χ3n) is 7.49. The van der Waals surface area contributed by atoms with Crippen LogP contribution in [0.2, 0.25) is 0 Å². The molecule has 0 amide bonds. The maximum Gasteiger partial charge on any atom is 0.259 e. The second-order valence-electron chi connectivity index (χ2n) is 9.12. The number of aliphatic hydroxyl groups excluding tert-OH is 1. The highest BCUT2D eigenvalue weighted by Crippen LogP contribution is 2.44. The average molecular weight is 485 g/mol. The van der Waals surface area contributed by atoms with E-state index in [9.17, 15) is 9.90 Å². The molecule has 4 nitrogen and oxygen atoms in total. The van der Waals surface area contributed by atoms with Crippen molar-refractivity contribution in [3.8, 4) is 0 Å². The molecule has 3 aromatic carbocycles. The summed E-state index contributed by atoms with van der Waals surface area (Å²) in [6.07, 6.45) is -1.15. The SMILES string of the molecule is C=C1C(=C)N(CC)C(O)c2cc(F)c3c(c21)c(=C)c(=C)c1c3c(F)cc2c(=O)n(CC)c(=C)c(=C)c21.